The van der Waals surface area contributed by atoms with E-state index in [0.717, 1.165) is 4.88 Å². The molecule has 0 amide bonds. The van der Waals surface area contributed by atoms with Crippen molar-refractivity contribution >= 4 is 17.3 Å². The Morgan fingerprint density at radius 3 is 2.89 bits per heavy atom. The number of thiophene rings is 1. The molecule has 0 saturated carbocycles. The zero-order valence-electron chi connectivity index (χ0n) is 10.2. The molecule has 0 bridgehead atoms. The lowest BCUT2D eigenvalue weighted by Crippen LogP contribution is -2.07. The van der Waals surface area contributed by atoms with Gasteiger partial charge in [-0.05, 0) is 25.0 Å². The van der Waals surface area contributed by atoms with Crippen LogP contribution >= 0.6 is 11.3 Å². The highest BCUT2D eigenvalue weighted by Crippen LogP contribution is 2.26. The molecule has 18 heavy (non-hydrogen) atoms. The van der Waals surface area contributed by atoms with Crippen LogP contribution in [0.1, 0.15) is 24.1 Å². The zero-order chi connectivity index (χ0) is 13.1. The van der Waals surface area contributed by atoms with Crippen LogP contribution in [0.5, 0.6) is 0 Å². The largest absolute Gasteiger partial charge is 0.481 e. The molecular weight excluding hydrogens is 252 g/mol. The van der Waals surface area contributed by atoms with Crippen LogP contribution in [0.2, 0.25) is 0 Å². The fourth-order valence-electron chi connectivity index (χ4n) is 1.65. The lowest BCUT2D eigenvalue weighted by atomic mass is 10.0. The molecule has 5 nitrogen and oxygen atoms in total. The zero-order valence-corrected chi connectivity index (χ0v) is 11.0. The van der Waals surface area contributed by atoms with E-state index in [1.807, 2.05) is 26.0 Å². The van der Waals surface area contributed by atoms with E-state index in [9.17, 15) is 4.79 Å². The lowest BCUT2D eigenvalue weighted by molar-refractivity contribution is -0.137. The molecule has 0 aliphatic carbocycles. The number of rotatable bonds is 5. The molecular formula is C12H14N2O3S. The van der Waals surface area contributed by atoms with Crippen LogP contribution in [0.15, 0.2) is 16.5 Å². The van der Waals surface area contributed by atoms with Crippen molar-refractivity contribution in [2.24, 2.45) is 5.92 Å². The van der Waals surface area contributed by atoms with Crippen LogP contribution in [-0.2, 0) is 11.2 Å². The number of hydrogen-bond acceptors (Lipinski definition) is 5. The van der Waals surface area contributed by atoms with Crippen molar-refractivity contribution in [2.75, 3.05) is 0 Å². The van der Waals surface area contributed by atoms with Gasteiger partial charge in [0.2, 0.25) is 5.89 Å². The number of carboxylic acids is 1. The van der Waals surface area contributed by atoms with Gasteiger partial charge in [-0.1, -0.05) is 6.92 Å². The van der Waals surface area contributed by atoms with Crippen LogP contribution in [0.4, 0.5) is 0 Å². The average Bonchev–Trinajstić information content (AvgIpc) is 2.85. The maximum atomic E-state index is 10.6. The van der Waals surface area contributed by atoms with Crippen LogP contribution in [-0.4, -0.2) is 21.3 Å². The van der Waals surface area contributed by atoms with Gasteiger partial charge in [0.15, 0.2) is 0 Å². The Morgan fingerprint density at radius 2 is 2.28 bits per heavy atom. The summed E-state index contributed by atoms with van der Waals surface area (Å²) in [5.74, 6) is 0.174. The molecule has 96 valence electrons. The van der Waals surface area contributed by atoms with Crippen LogP contribution in [0, 0.1) is 12.8 Å². The van der Waals surface area contributed by atoms with Gasteiger partial charge in [0, 0.05) is 17.7 Å². The van der Waals surface area contributed by atoms with Gasteiger partial charge < -0.3 is 9.52 Å². The fourth-order valence-corrected chi connectivity index (χ4v) is 2.44. The third-order valence-electron chi connectivity index (χ3n) is 2.46. The van der Waals surface area contributed by atoms with Crippen molar-refractivity contribution in [3.63, 3.8) is 0 Å². The summed E-state index contributed by atoms with van der Waals surface area (Å²) in [6, 6.07) is 3.94. The second kappa shape index (κ2) is 5.30. The Hall–Kier alpha value is -1.69. The highest BCUT2D eigenvalue weighted by molar-refractivity contribution is 7.15. The summed E-state index contributed by atoms with van der Waals surface area (Å²) in [5.41, 5.74) is 0. The first-order chi connectivity index (χ1) is 8.54. The number of carboxylic acid groups (broad SMARTS) is 1. The standard InChI is InChI=1S/C12H14N2O3S/c1-7(6-11(15)16)5-10-13-14-12(17-10)9-4-3-8(2)18-9/h3-4,7H,5-6H2,1-2H3,(H,15,16). The van der Waals surface area contributed by atoms with Gasteiger partial charge in [0.1, 0.15) is 0 Å². The quantitative estimate of drug-likeness (QED) is 0.900. The van der Waals surface area contributed by atoms with E-state index < -0.39 is 5.97 Å². The Balaban J connectivity index is 2.04. The van der Waals surface area contributed by atoms with E-state index in [-0.39, 0.29) is 12.3 Å². The SMILES string of the molecule is Cc1ccc(-c2nnc(CC(C)CC(=O)O)o2)s1. The predicted octanol–water partition coefficient (Wildman–Crippen LogP) is 2.76. The van der Waals surface area contributed by atoms with Crippen molar-refractivity contribution in [3.05, 3.63) is 22.9 Å². The van der Waals surface area contributed by atoms with Gasteiger partial charge in [0.05, 0.1) is 4.88 Å². The Labute approximate surface area is 108 Å². The number of nitrogens with zero attached hydrogens (tertiary/aromatic N) is 2. The highest BCUT2D eigenvalue weighted by atomic mass is 32.1. The van der Waals surface area contributed by atoms with Crippen molar-refractivity contribution in [2.45, 2.75) is 26.7 Å². The van der Waals surface area contributed by atoms with Gasteiger partial charge in [-0.3, -0.25) is 4.79 Å². The lowest BCUT2D eigenvalue weighted by Gasteiger charge is -2.03. The maximum absolute atomic E-state index is 10.6. The van der Waals surface area contributed by atoms with Gasteiger partial charge in [-0.2, -0.15) is 0 Å². The van der Waals surface area contributed by atoms with E-state index in [2.05, 4.69) is 10.2 Å². The van der Waals surface area contributed by atoms with Crippen LogP contribution in [0.25, 0.3) is 10.8 Å². The molecule has 1 unspecified atom stereocenters. The van der Waals surface area contributed by atoms with Crippen LogP contribution in [0.3, 0.4) is 0 Å². The molecule has 0 aliphatic rings. The van der Waals surface area contributed by atoms with Gasteiger partial charge in [-0.25, -0.2) is 0 Å². The van der Waals surface area contributed by atoms with Crippen molar-refractivity contribution in [1.29, 1.82) is 0 Å². The summed E-state index contributed by atoms with van der Waals surface area (Å²) in [6.07, 6.45) is 0.597. The number of hydrogen-bond donors (Lipinski definition) is 1. The fraction of sp³-hybridized carbons (Fsp3) is 0.417. The Morgan fingerprint density at radius 1 is 1.50 bits per heavy atom. The van der Waals surface area contributed by atoms with E-state index in [0.29, 0.717) is 18.2 Å². The summed E-state index contributed by atoms with van der Waals surface area (Å²) < 4.78 is 5.53. The van der Waals surface area contributed by atoms with Crippen molar-refractivity contribution in [3.8, 4) is 10.8 Å². The van der Waals surface area contributed by atoms with E-state index >= 15 is 0 Å². The summed E-state index contributed by atoms with van der Waals surface area (Å²) >= 11 is 1.59. The Kier molecular flexibility index (Phi) is 3.76. The monoisotopic (exact) mass is 266 g/mol. The summed E-state index contributed by atoms with van der Waals surface area (Å²) in [7, 11) is 0. The molecule has 2 heterocycles. The number of aromatic nitrogens is 2. The Bertz CT molecular complexity index is 547. The molecule has 0 spiro atoms. The first-order valence-corrected chi connectivity index (χ1v) is 6.47. The van der Waals surface area contributed by atoms with E-state index in [1.54, 1.807) is 11.3 Å². The molecule has 2 rings (SSSR count). The third kappa shape index (κ3) is 3.16. The molecule has 1 N–H and O–H groups in total. The van der Waals surface area contributed by atoms with E-state index in [1.165, 1.54) is 4.88 Å². The van der Waals surface area contributed by atoms with Crippen molar-refractivity contribution < 1.29 is 14.3 Å². The molecule has 0 fully saturated rings. The average molecular weight is 266 g/mol. The third-order valence-corrected chi connectivity index (χ3v) is 3.45. The number of aliphatic carboxylic acids is 1. The second-order valence-corrected chi connectivity index (χ2v) is 5.61. The minimum absolute atomic E-state index is 0.0131. The van der Waals surface area contributed by atoms with Gasteiger partial charge >= 0.3 is 5.97 Å². The minimum atomic E-state index is -0.809. The van der Waals surface area contributed by atoms with Crippen molar-refractivity contribution in [1.82, 2.24) is 10.2 Å². The van der Waals surface area contributed by atoms with Gasteiger partial charge in [-0.15, -0.1) is 21.5 Å². The number of carbonyl (C=O) groups is 1. The predicted molar refractivity (Wildman–Crippen MR) is 67.5 cm³/mol. The highest BCUT2D eigenvalue weighted by Gasteiger charge is 2.14. The smallest absolute Gasteiger partial charge is 0.303 e. The molecule has 0 saturated heterocycles. The summed E-state index contributed by atoms with van der Waals surface area (Å²) in [4.78, 5) is 12.7. The van der Waals surface area contributed by atoms with Gasteiger partial charge in [0.25, 0.3) is 5.89 Å². The summed E-state index contributed by atoms with van der Waals surface area (Å²) in [5, 5.41) is 16.6. The minimum Gasteiger partial charge on any atom is -0.481 e. The van der Waals surface area contributed by atoms with E-state index in [4.69, 9.17) is 9.52 Å². The summed E-state index contributed by atoms with van der Waals surface area (Å²) in [6.45, 7) is 3.87. The van der Waals surface area contributed by atoms with Crippen LogP contribution < -0.4 is 0 Å². The molecule has 2 aromatic heterocycles. The molecule has 1 atom stereocenters. The maximum Gasteiger partial charge on any atom is 0.303 e. The molecule has 2 aromatic rings. The molecule has 6 heteroatoms. The number of aryl methyl sites for hydroxylation is 1. The second-order valence-electron chi connectivity index (χ2n) is 4.32. The first kappa shape index (κ1) is 12.8. The molecule has 0 aromatic carbocycles. The first-order valence-electron chi connectivity index (χ1n) is 5.65. The topological polar surface area (TPSA) is 76.2 Å². The molecule has 0 radical (unpaired) electrons. The normalized spacial score (nSPS) is 12.6. The molecule has 0 aliphatic heterocycles.